The van der Waals surface area contributed by atoms with Gasteiger partial charge in [0, 0.05) is 31.5 Å². The predicted molar refractivity (Wildman–Crippen MR) is 119 cm³/mol. The van der Waals surface area contributed by atoms with Crippen LogP contribution >= 0.6 is 11.3 Å². The fraction of sp³-hybridized carbons (Fsp3) is 0.333. The number of fused-ring (bicyclic) bond motifs is 2. The molecule has 154 valence electrons. The lowest BCUT2D eigenvalue weighted by atomic mass is 9.98. The monoisotopic (exact) mass is 420 g/mol. The first kappa shape index (κ1) is 19.1. The van der Waals surface area contributed by atoms with Gasteiger partial charge in [-0.05, 0) is 48.7 Å². The summed E-state index contributed by atoms with van der Waals surface area (Å²) in [5.74, 6) is 1.88. The van der Waals surface area contributed by atoms with E-state index in [1.165, 1.54) is 4.70 Å². The molecule has 0 N–H and O–H groups in total. The van der Waals surface area contributed by atoms with Crippen molar-refractivity contribution in [1.29, 1.82) is 0 Å². The number of nitrogens with zero attached hydrogens (tertiary/aromatic N) is 2. The van der Waals surface area contributed by atoms with Gasteiger partial charge in [-0.25, -0.2) is 4.98 Å². The highest BCUT2D eigenvalue weighted by Crippen LogP contribution is 2.33. The molecule has 3 aromatic rings. The Kier molecular flexibility index (Phi) is 5.41. The number of carbonyl (C=O) groups is 1. The number of amides is 1. The number of piperidine rings is 1. The van der Waals surface area contributed by atoms with Crippen LogP contribution in [0.25, 0.3) is 16.3 Å². The lowest BCUT2D eigenvalue weighted by Gasteiger charge is -2.31. The third-order valence-corrected chi connectivity index (χ3v) is 6.78. The number of hydrogen-bond donors (Lipinski definition) is 0. The average Bonchev–Trinajstić information content (AvgIpc) is 3.09. The fourth-order valence-electron chi connectivity index (χ4n) is 4.00. The van der Waals surface area contributed by atoms with E-state index in [0.717, 1.165) is 59.9 Å². The molecular weight excluding hydrogens is 396 g/mol. The minimum absolute atomic E-state index is 0.0490. The predicted octanol–water partition coefficient (Wildman–Crippen LogP) is 4.88. The van der Waals surface area contributed by atoms with Crippen molar-refractivity contribution >= 4 is 33.5 Å². The summed E-state index contributed by atoms with van der Waals surface area (Å²) in [6.07, 6.45) is 6.49. The Balaban J connectivity index is 1.27. The molecular formula is C24H24N2O3S. The maximum absolute atomic E-state index is 12.8. The zero-order valence-corrected chi connectivity index (χ0v) is 17.6. The zero-order valence-electron chi connectivity index (χ0n) is 16.8. The molecule has 0 spiro atoms. The van der Waals surface area contributed by atoms with E-state index in [2.05, 4.69) is 12.1 Å². The second-order valence-corrected chi connectivity index (χ2v) is 8.80. The Hall–Kier alpha value is -2.86. The summed E-state index contributed by atoms with van der Waals surface area (Å²) in [5, 5.41) is 1.14. The standard InChI is InChI=1S/C24H24N2O3S/c27-23(11-9-17-8-10-20-21(15-17)29-14-4-13-28-20)26-12-3-5-18(16-26)24-25-19-6-1-2-7-22(19)30-24/h1-2,6-11,15,18H,3-5,12-14,16H2/b11-9+/t18-/m0/s1. The van der Waals surface area contributed by atoms with Crippen LogP contribution in [0.2, 0.25) is 0 Å². The number of hydrogen-bond acceptors (Lipinski definition) is 5. The lowest BCUT2D eigenvalue weighted by Crippen LogP contribution is -2.38. The van der Waals surface area contributed by atoms with Gasteiger partial charge in [-0.2, -0.15) is 0 Å². The highest BCUT2D eigenvalue weighted by molar-refractivity contribution is 7.18. The van der Waals surface area contributed by atoms with Gasteiger partial charge in [0.1, 0.15) is 0 Å². The summed E-state index contributed by atoms with van der Waals surface area (Å²) in [5.41, 5.74) is 1.99. The van der Waals surface area contributed by atoms with Crippen LogP contribution in [0, 0.1) is 0 Å². The number of para-hydroxylation sites is 1. The number of benzene rings is 2. The second kappa shape index (κ2) is 8.48. The molecule has 3 heterocycles. The maximum atomic E-state index is 12.8. The molecule has 1 amide bonds. The minimum Gasteiger partial charge on any atom is -0.490 e. The Bertz CT molecular complexity index is 1060. The number of likely N-dealkylation sites (tertiary alicyclic amines) is 1. The van der Waals surface area contributed by atoms with Crippen molar-refractivity contribution in [1.82, 2.24) is 9.88 Å². The molecule has 1 atom stereocenters. The van der Waals surface area contributed by atoms with E-state index in [4.69, 9.17) is 14.5 Å². The second-order valence-electron chi connectivity index (χ2n) is 7.73. The topological polar surface area (TPSA) is 51.7 Å². The smallest absolute Gasteiger partial charge is 0.246 e. The molecule has 2 aromatic carbocycles. The van der Waals surface area contributed by atoms with E-state index in [1.807, 2.05) is 41.3 Å². The first-order valence-corrected chi connectivity index (χ1v) is 11.3. The van der Waals surface area contributed by atoms with Crippen molar-refractivity contribution in [3.05, 3.63) is 59.1 Å². The largest absolute Gasteiger partial charge is 0.490 e. The van der Waals surface area contributed by atoms with Crippen LogP contribution in [0.4, 0.5) is 0 Å². The number of thiazole rings is 1. The van der Waals surface area contributed by atoms with E-state index in [-0.39, 0.29) is 5.91 Å². The number of aromatic nitrogens is 1. The van der Waals surface area contributed by atoms with E-state index >= 15 is 0 Å². The molecule has 5 rings (SSSR count). The van der Waals surface area contributed by atoms with Crippen LogP contribution in [0.15, 0.2) is 48.5 Å². The number of ether oxygens (including phenoxy) is 2. The van der Waals surface area contributed by atoms with E-state index in [9.17, 15) is 4.79 Å². The lowest BCUT2D eigenvalue weighted by molar-refractivity contribution is -0.127. The van der Waals surface area contributed by atoms with Gasteiger partial charge in [0.2, 0.25) is 5.91 Å². The van der Waals surface area contributed by atoms with Gasteiger partial charge in [-0.1, -0.05) is 18.2 Å². The van der Waals surface area contributed by atoms with Gasteiger partial charge in [0.15, 0.2) is 11.5 Å². The van der Waals surface area contributed by atoms with Crippen LogP contribution in [-0.2, 0) is 4.79 Å². The van der Waals surface area contributed by atoms with Crippen molar-refractivity contribution in [2.45, 2.75) is 25.2 Å². The van der Waals surface area contributed by atoms with Gasteiger partial charge < -0.3 is 14.4 Å². The molecule has 0 aliphatic carbocycles. The molecule has 5 nitrogen and oxygen atoms in total. The third kappa shape index (κ3) is 4.05. The fourth-order valence-corrected chi connectivity index (χ4v) is 5.09. The summed E-state index contributed by atoms with van der Waals surface area (Å²) < 4.78 is 12.6. The molecule has 0 bridgehead atoms. The van der Waals surface area contributed by atoms with E-state index in [1.54, 1.807) is 17.4 Å². The van der Waals surface area contributed by atoms with Crippen molar-refractivity contribution in [2.24, 2.45) is 0 Å². The van der Waals surface area contributed by atoms with E-state index < -0.39 is 0 Å². The highest BCUT2D eigenvalue weighted by atomic mass is 32.1. The van der Waals surface area contributed by atoms with Crippen LogP contribution in [0.5, 0.6) is 11.5 Å². The maximum Gasteiger partial charge on any atom is 0.246 e. The molecule has 1 aromatic heterocycles. The number of carbonyl (C=O) groups excluding carboxylic acids is 1. The van der Waals surface area contributed by atoms with Crippen LogP contribution in [0.1, 0.15) is 35.8 Å². The van der Waals surface area contributed by atoms with Crippen LogP contribution in [-0.4, -0.2) is 42.1 Å². The molecule has 0 saturated carbocycles. The van der Waals surface area contributed by atoms with Gasteiger partial charge in [0.25, 0.3) is 0 Å². The number of rotatable bonds is 3. The Morgan fingerprint density at radius 3 is 2.87 bits per heavy atom. The molecule has 6 heteroatoms. The van der Waals surface area contributed by atoms with Gasteiger partial charge in [0.05, 0.1) is 28.4 Å². The summed E-state index contributed by atoms with van der Waals surface area (Å²) in [6, 6.07) is 14.0. The van der Waals surface area contributed by atoms with E-state index in [0.29, 0.717) is 19.1 Å². The summed E-state index contributed by atoms with van der Waals surface area (Å²) in [4.78, 5) is 19.6. The SMILES string of the molecule is O=C(/C=C/c1ccc2c(c1)OCCCO2)N1CCC[C@H](c2nc3ccccc3s2)C1. The average molecular weight is 421 g/mol. The molecule has 1 fully saturated rings. The first-order chi connectivity index (χ1) is 14.8. The Morgan fingerprint density at radius 1 is 1.10 bits per heavy atom. The van der Waals surface area contributed by atoms with Crippen molar-refractivity contribution in [2.75, 3.05) is 26.3 Å². The van der Waals surface area contributed by atoms with Gasteiger partial charge in [-0.3, -0.25) is 4.79 Å². The normalized spacial score (nSPS) is 19.2. The van der Waals surface area contributed by atoms with Crippen molar-refractivity contribution < 1.29 is 14.3 Å². The summed E-state index contributed by atoms with van der Waals surface area (Å²) >= 11 is 1.75. The van der Waals surface area contributed by atoms with Gasteiger partial charge >= 0.3 is 0 Å². The molecule has 2 aliphatic rings. The zero-order chi connectivity index (χ0) is 20.3. The molecule has 0 radical (unpaired) electrons. The quantitative estimate of drug-likeness (QED) is 0.567. The summed E-state index contributed by atoms with van der Waals surface area (Å²) in [7, 11) is 0. The molecule has 1 saturated heterocycles. The Morgan fingerprint density at radius 2 is 1.97 bits per heavy atom. The van der Waals surface area contributed by atoms with Crippen molar-refractivity contribution in [3.63, 3.8) is 0 Å². The van der Waals surface area contributed by atoms with Crippen LogP contribution in [0.3, 0.4) is 0 Å². The highest BCUT2D eigenvalue weighted by Gasteiger charge is 2.26. The van der Waals surface area contributed by atoms with Gasteiger partial charge in [-0.15, -0.1) is 11.3 Å². The molecule has 30 heavy (non-hydrogen) atoms. The molecule has 2 aliphatic heterocycles. The minimum atomic E-state index is 0.0490. The summed E-state index contributed by atoms with van der Waals surface area (Å²) in [6.45, 7) is 2.85. The first-order valence-electron chi connectivity index (χ1n) is 10.5. The van der Waals surface area contributed by atoms with Crippen LogP contribution < -0.4 is 9.47 Å². The molecule has 0 unspecified atom stereocenters. The Labute approximate surface area is 179 Å². The van der Waals surface area contributed by atoms with Crippen molar-refractivity contribution in [3.8, 4) is 11.5 Å². The third-order valence-electron chi connectivity index (χ3n) is 5.58.